The molecule has 0 aliphatic heterocycles. The summed E-state index contributed by atoms with van der Waals surface area (Å²) in [4.78, 5) is 4.31. The normalized spacial score (nSPS) is 12.3. The lowest BCUT2D eigenvalue weighted by Crippen LogP contribution is -2.09. The highest BCUT2D eigenvalue weighted by molar-refractivity contribution is 5.64. The minimum Gasteiger partial charge on any atom is -0.327 e. The SMILES string of the molecule is CC(c1ccc(-c2ccc(C(F)(F)F)cc2)cc1)n1cncc1Cc1ccc(C#N)cc1. The largest absolute Gasteiger partial charge is 0.416 e. The van der Waals surface area contributed by atoms with Crippen LogP contribution in [0.5, 0.6) is 0 Å². The second-order valence-electron chi connectivity index (χ2n) is 7.65. The molecule has 3 aromatic carbocycles. The van der Waals surface area contributed by atoms with E-state index in [4.69, 9.17) is 5.26 Å². The van der Waals surface area contributed by atoms with Gasteiger partial charge in [0.05, 0.1) is 29.6 Å². The summed E-state index contributed by atoms with van der Waals surface area (Å²) < 4.78 is 40.4. The number of alkyl halides is 3. The van der Waals surface area contributed by atoms with Crippen molar-refractivity contribution in [2.45, 2.75) is 25.6 Å². The lowest BCUT2D eigenvalue weighted by atomic mass is 10.00. The molecule has 0 N–H and O–H groups in total. The third kappa shape index (κ3) is 4.57. The Kier molecular flexibility index (Phi) is 5.83. The molecule has 0 aliphatic carbocycles. The Bertz CT molecular complexity index is 1230. The van der Waals surface area contributed by atoms with E-state index in [9.17, 15) is 13.2 Å². The van der Waals surface area contributed by atoms with Crippen molar-refractivity contribution in [1.82, 2.24) is 9.55 Å². The minimum absolute atomic E-state index is 0.0348. The monoisotopic (exact) mass is 431 g/mol. The Morgan fingerprint density at radius 1 is 0.906 bits per heavy atom. The first-order valence-corrected chi connectivity index (χ1v) is 10.1. The van der Waals surface area contributed by atoms with Gasteiger partial charge in [-0.25, -0.2) is 4.98 Å². The summed E-state index contributed by atoms with van der Waals surface area (Å²) in [5.41, 5.74) is 4.79. The van der Waals surface area contributed by atoms with Gasteiger partial charge in [-0.05, 0) is 53.4 Å². The molecule has 1 unspecified atom stereocenters. The first-order chi connectivity index (χ1) is 15.3. The average Bonchev–Trinajstić information content (AvgIpc) is 3.27. The van der Waals surface area contributed by atoms with Crippen LogP contribution >= 0.6 is 0 Å². The number of aromatic nitrogens is 2. The van der Waals surface area contributed by atoms with Gasteiger partial charge in [0, 0.05) is 18.3 Å². The maximum Gasteiger partial charge on any atom is 0.416 e. The molecule has 3 nitrogen and oxygen atoms in total. The summed E-state index contributed by atoms with van der Waals surface area (Å²) in [6.45, 7) is 2.08. The summed E-state index contributed by atoms with van der Waals surface area (Å²) in [6, 6.07) is 22.7. The van der Waals surface area contributed by atoms with E-state index in [0.717, 1.165) is 40.1 Å². The summed E-state index contributed by atoms with van der Waals surface area (Å²) in [5.74, 6) is 0. The molecule has 0 saturated heterocycles. The number of halogens is 3. The fraction of sp³-hybridized carbons (Fsp3) is 0.154. The number of hydrogen-bond donors (Lipinski definition) is 0. The van der Waals surface area contributed by atoms with Crippen molar-refractivity contribution < 1.29 is 13.2 Å². The van der Waals surface area contributed by atoms with Gasteiger partial charge in [-0.15, -0.1) is 0 Å². The van der Waals surface area contributed by atoms with E-state index < -0.39 is 11.7 Å². The minimum atomic E-state index is -4.34. The van der Waals surface area contributed by atoms with Gasteiger partial charge in [0.15, 0.2) is 0 Å². The van der Waals surface area contributed by atoms with Crippen LogP contribution in [0.4, 0.5) is 13.2 Å². The highest BCUT2D eigenvalue weighted by Gasteiger charge is 2.29. The summed E-state index contributed by atoms with van der Waals surface area (Å²) in [7, 11) is 0. The molecule has 4 aromatic rings. The smallest absolute Gasteiger partial charge is 0.327 e. The maximum atomic E-state index is 12.8. The molecule has 32 heavy (non-hydrogen) atoms. The van der Waals surface area contributed by atoms with Crippen LogP contribution in [0.25, 0.3) is 11.1 Å². The molecule has 1 heterocycles. The first kappa shape index (κ1) is 21.4. The molecule has 0 bridgehead atoms. The Balaban J connectivity index is 1.51. The van der Waals surface area contributed by atoms with Gasteiger partial charge in [0.2, 0.25) is 0 Å². The number of nitriles is 1. The lowest BCUT2D eigenvalue weighted by molar-refractivity contribution is -0.137. The van der Waals surface area contributed by atoms with Crippen LogP contribution in [-0.4, -0.2) is 9.55 Å². The zero-order chi connectivity index (χ0) is 22.7. The Morgan fingerprint density at radius 2 is 1.50 bits per heavy atom. The highest BCUT2D eigenvalue weighted by Crippen LogP contribution is 2.31. The first-order valence-electron chi connectivity index (χ1n) is 10.1. The molecule has 0 amide bonds. The second kappa shape index (κ2) is 8.72. The number of nitrogens with zero attached hydrogens (tertiary/aromatic N) is 3. The maximum absolute atomic E-state index is 12.8. The van der Waals surface area contributed by atoms with Crippen molar-refractivity contribution >= 4 is 0 Å². The lowest BCUT2D eigenvalue weighted by Gasteiger charge is -2.18. The van der Waals surface area contributed by atoms with Crippen LogP contribution < -0.4 is 0 Å². The van der Waals surface area contributed by atoms with E-state index in [1.165, 1.54) is 12.1 Å². The molecule has 0 fully saturated rings. The van der Waals surface area contributed by atoms with Gasteiger partial charge < -0.3 is 4.57 Å². The van der Waals surface area contributed by atoms with Crippen LogP contribution in [0, 0.1) is 11.3 Å². The van der Waals surface area contributed by atoms with Gasteiger partial charge in [-0.3, -0.25) is 0 Å². The Labute approximate surface area is 184 Å². The summed E-state index contributed by atoms with van der Waals surface area (Å²) in [5, 5.41) is 8.96. The number of hydrogen-bond acceptors (Lipinski definition) is 2. The molecular formula is C26H20F3N3. The third-order valence-electron chi connectivity index (χ3n) is 5.57. The molecule has 0 saturated carbocycles. The second-order valence-corrected chi connectivity index (χ2v) is 7.65. The van der Waals surface area contributed by atoms with E-state index >= 15 is 0 Å². The van der Waals surface area contributed by atoms with Crippen molar-refractivity contribution in [3.63, 3.8) is 0 Å². The predicted molar refractivity (Wildman–Crippen MR) is 117 cm³/mol. The Morgan fingerprint density at radius 3 is 2.06 bits per heavy atom. The van der Waals surface area contributed by atoms with E-state index in [-0.39, 0.29) is 6.04 Å². The van der Waals surface area contributed by atoms with Crippen molar-refractivity contribution in [3.05, 3.63) is 113 Å². The fourth-order valence-electron chi connectivity index (χ4n) is 3.69. The van der Waals surface area contributed by atoms with E-state index in [1.807, 2.05) is 42.6 Å². The van der Waals surface area contributed by atoms with Crippen LogP contribution in [0.2, 0.25) is 0 Å². The van der Waals surface area contributed by atoms with Crippen LogP contribution in [0.15, 0.2) is 85.3 Å². The van der Waals surface area contributed by atoms with Gasteiger partial charge in [-0.1, -0.05) is 48.5 Å². The molecule has 1 atom stereocenters. The predicted octanol–water partition coefficient (Wildman–Crippen LogP) is 6.64. The standard InChI is InChI=1S/C26H20F3N3/c1-18(32-17-31-16-25(32)14-19-2-4-20(15-30)5-3-19)21-6-8-22(9-7-21)23-10-12-24(13-11-23)26(27,28)29/h2-13,16-18H,14H2,1H3. The van der Waals surface area contributed by atoms with Gasteiger partial charge in [0.1, 0.15) is 0 Å². The molecule has 0 spiro atoms. The van der Waals surface area contributed by atoms with Crippen molar-refractivity contribution in [1.29, 1.82) is 5.26 Å². The molecule has 6 heteroatoms. The van der Waals surface area contributed by atoms with Gasteiger partial charge >= 0.3 is 6.18 Å². The van der Waals surface area contributed by atoms with Crippen molar-refractivity contribution in [2.75, 3.05) is 0 Å². The fourth-order valence-corrected chi connectivity index (χ4v) is 3.69. The highest BCUT2D eigenvalue weighted by atomic mass is 19.4. The van der Waals surface area contributed by atoms with E-state index in [0.29, 0.717) is 12.0 Å². The third-order valence-corrected chi connectivity index (χ3v) is 5.57. The Hall–Kier alpha value is -3.85. The summed E-state index contributed by atoms with van der Waals surface area (Å²) in [6.07, 6.45) is -0.00350. The zero-order valence-corrected chi connectivity index (χ0v) is 17.3. The molecular weight excluding hydrogens is 411 g/mol. The quantitative estimate of drug-likeness (QED) is 0.355. The van der Waals surface area contributed by atoms with Crippen LogP contribution in [0.3, 0.4) is 0 Å². The van der Waals surface area contributed by atoms with Gasteiger partial charge in [0.25, 0.3) is 0 Å². The molecule has 0 radical (unpaired) electrons. The molecule has 160 valence electrons. The van der Waals surface area contributed by atoms with E-state index in [1.54, 1.807) is 18.5 Å². The average molecular weight is 431 g/mol. The number of imidazole rings is 1. The molecule has 0 aliphatic rings. The van der Waals surface area contributed by atoms with E-state index in [2.05, 4.69) is 22.5 Å². The zero-order valence-electron chi connectivity index (χ0n) is 17.3. The topological polar surface area (TPSA) is 41.6 Å². The molecule has 4 rings (SSSR count). The van der Waals surface area contributed by atoms with Crippen molar-refractivity contribution in [2.24, 2.45) is 0 Å². The van der Waals surface area contributed by atoms with Crippen LogP contribution in [-0.2, 0) is 12.6 Å². The number of rotatable bonds is 5. The van der Waals surface area contributed by atoms with Crippen molar-refractivity contribution in [3.8, 4) is 17.2 Å². The number of benzene rings is 3. The van der Waals surface area contributed by atoms with Crippen LogP contribution in [0.1, 0.15) is 40.9 Å². The summed E-state index contributed by atoms with van der Waals surface area (Å²) >= 11 is 0. The molecule has 1 aromatic heterocycles. The van der Waals surface area contributed by atoms with Gasteiger partial charge in [-0.2, -0.15) is 18.4 Å².